The second-order valence-electron chi connectivity index (χ2n) is 7.93. The summed E-state index contributed by atoms with van der Waals surface area (Å²) in [5.74, 6) is -1.73. The lowest BCUT2D eigenvalue weighted by Gasteiger charge is -2.21. The molecule has 0 spiro atoms. The highest BCUT2D eigenvalue weighted by molar-refractivity contribution is 7.92. The molecule has 0 aliphatic rings. The largest absolute Gasteiger partial charge is 0.454 e. The van der Waals surface area contributed by atoms with E-state index in [2.05, 4.69) is 4.98 Å². The Kier molecular flexibility index (Phi) is 5.94. The summed E-state index contributed by atoms with van der Waals surface area (Å²) >= 11 is 0. The summed E-state index contributed by atoms with van der Waals surface area (Å²) in [5.41, 5.74) is 2.40. The number of halogens is 2. The van der Waals surface area contributed by atoms with E-state index < -0.39 is 21.7 Å². The van der Waals surface area contributed by atoms with Gasteiger partial charge in [0, 0.05) is 43.2 Å². The highest BCUT2D eigenvalue weighted by atomic mass is 32.2. The van der Waals surface area contributed by atoms with Crippen LogP contribution in [-0.2, 0) is 17.1 Å². The predicted molar refractivity (Wildman–Crippen MR) is 128 cm³/mol. The standard InChI is InChI=1S/C24H23F2N3O4S/c1-5-34(31,32)29(4)16-7-9-21(33-22-8-6-15(25)11-20(22)26)17(12-16)19-13-28(3)24(30)18-10-14(2)27-23(18)19/h6-13,27H,5H2,1-4H3. The molecule has 0 bridgehead atoms. The molecule has 4 rings (SSSR count). The molecule has 0 fully saturated rings. The monoisotopic (exact) mass is 487 g/mol. The maximum atomic E-state index is 14.3. The zero-order chi connectivity index (χ0) is 24.8. The van der Waals surface area contributed by atoms with Crippen molar-refractivity contribution in [3.05, 3.63) is 76.3 Å². The van der Waals surface area contributed by atoms with E-state index in [1.807, 2.05) is 6.92 Å². The number of sulfonamides is 1. The van der Waals surface area contributed by atoms with Crippen LogP contribution in [-0.4, -0.2) is 30.8 Å². The van der Waals surface area contributed by atoms with Crippen LogP contribution in [0.15, 0.2) is 53.5 Å². The number of pyridine rings is 1. The molecular weight excluding hydrogens is 464 g/mol. The van der Waals surface area contributed by atoms with Crippen LogP contribution in [0.3, 0.4) is 0 Å². The molecule has 4 aromatic rings. The van der Waals surface area contributed by atoms with Crippen LogP contribution < -0.4 is 14.6 Å². The van der Waals surface area contributed by atoms with Gasteiger partial charge in [0.25, 0.3) is 5.56 Å². The lowest BCUT2D eigenvalue weighted by Crippen LogP contribution is -2.27. The fraction of sp³-hybridized carbons (Fsp3) is 0.208. The van der Waals surface area contributed by atoms with Crippen molar-refractivity contribution >= 4 is 26.6 Å². The van der Waals surface area contributed by atoms with Crippen LogP contribution in [0.5, 0.6) is 11.5 Å². The van der Waals surface area contributed by atoms with Gasteiger partial charge in [-0.2, -0.15) is 0 Å². The fourth-order valence-electron chi connectivity index (χ4n) is 3.73. The zero-order valence-electron chi connectivity index (χ0n) is 19.0. The Hall–Kier alpha value is -3.66. The number of rotatable bonds is 6. The van der Waals surface area contributed by atoms with Crippen LogP contribution in [0.25, 0.3) is 22.0 Å². The Morgan fingerprint density at radius 2 is 1.76 bits per heavy atom. The minimum absolute atomic E-state index is 0.0994. The van der Waals surface area contributed by atoms with Gasteiger partial charge < -0.3 is 14.3 Å². The number of aryl methyl sites for hydroxylation is 2. The van der Waals surface area contributed by atoms with E-state index >= 15 is 0 Å². The van der Waals surface area contributed by atoms with E-state index in [-0.39, 0.29) is 22.8 Å². The van der Waals surface area contributed by atoms with Gasteiger partial charge in [-0.25, -0.2) is 17.2 Å². The number of benzene rings is 2. The zero-order valence-corrected chi connectivity index (χ0v) is 19.8. The molecular formula is C24H23F2N3O4S. The van der Waals surface area contributed by atoms with Crippen molar-refractivity contribution in [1.82, 2.24) is 9.55 Å². The van der Waals surface area contributed by atoms with Gasteiger partial charge in [0.15, 0.2) is 11.6 Å². The van der Waals surface area contributed by atoms with Crippen molar-refractivity contribution in [2.75, 3.05) is 17.1 Å². The van der Waals surface area contributed by atoms with Crippen molar-refractivity contribution < 1.29 is 21.9 Å². The average Bonchev–Trinajstić information content (AvgIpc) is 3.19. The molecule has 0 amide bonds. The quantitative estimate of drug-likeness (QED) is 0.427. The summed E-state index contributed by atoms with van der Waals surface area (Å²) in [5, 5.41) is 0.441. The molecule has 10 heteroatoms. The molecule has 0 radical (unpaired) electrons. The van der Waals surface area contributed by atoms with Crippen LogP contribution >= 0.6 is 0 Å². The van der Waals surface area contributed by atoms with Crippen LogP contribution in [0.2, 0.25) is 0 Å². The Balaban J connectivity index is 1.98. The number of hydrogen-bond donors (Lipinski definition) is 1. The van der Waals surface area contributed by atoms with Gasteiger partial charge in [0.05, 0.1) is 22.3 Å². The molecule has 7 nitrogen and oxygen atoms in total. The Morgan fingerprint density at radius 3 is 2.44 bits per heavy atom. The van der Waals surface area contributed by atoms with Gasteiger partial charge in [-0.1, -0.05) is 0 Å². The number of nitrogens with zero attached hydrogens (tertiary/aromatic N) is 2. The third-order valence-electron chi connectivity index (χ3n) is 5.61. The first kappa shape index (κ1) is 23.5. The third-order valence-corrected chi connectivity index (χ3v) is 7.38. The summed E-state index contributed by atoms with van der Waals surface area (Å²) in [7, 11) is -0.519. The average molecular weight is 488 g/mol. The lowest BCUT2D eigenvalue weighted by atomic mass is 10.0. The molecule has 34 heavy (non-hydrogen) atoms. The van der Waals surface area contributed by atoms with Crippen LogP contribution in [0.4, 0.5) is 14.5 Å². The highest BCUT2D eigenvalue weighted by Gasteiger charge is 2.21. The molecule has 2 aromatic heterocycles. The number of ether oxygens (including phenoxy) is 1. The number of hydrogen-bond acceptors (Lipinski definition) is 4. The van der Waals surface area contributed by atoms with E-state index in [4.69, 9.17) is 4.74 Å². The maximum Gasteiger partial charge on any atom is 0.259 e. The molecule has 178 valence electrons. The second kappa shape index (κ2) is 8.60. The van der Waals surface area contributed by atoms with E-state index in [1.165, 1.54) is 29.8 Å². The lowest BCUT2D eigenvalue weighted by molar-refractivity contribution is 0.439. The van der Waals surface area contributed by atoms with Crippen molar-refractivity contribution in [3.8, 4) is 22.6 Å². The Labute approximate surface area is 195 Å². The van der Waals surface area contributed by atoms with Crippen LogP contribution in [0.1, 0.15) is 12.6 Å². The van der Waals surface area contributed by atoms with Crippen LogP contribution in [0, 0.1) is 18.6 Å². The van der Waals surface area contributed by atoms with Crippen molar-refractivity contribution in [3.63, 3.8) is 0 Å². The number of fused-ring (bicyclic) bond motifs is 1. The van der Waals surface area contributed by atoms with Gasteiger partial charge in [0.1, 0.15) is 11.6 Å². The Morgan fingerprint density at radius 1 is 1.06 bits per heavy atom. The minimum Gasteiger partial charge on any atom is -0.454 e. The first-order valence-corrected chi connectivity index (χ1v) is 12.1. The summed E-state index contributed by atoms with van der Waals surface area (Å²) in [6, 6.07) is 9.33. The Bertz CT molecular complexity index is 1580. The molecule has 0 saturated heterocycles. The molecule has 2 aromatic carbocycles. The van der Waals surface area contributed by atoms with E-state index in [0.29, 0.717) is 33.8 Å². The topological polar surface area (TPSA) is 84.4 Å². The summed E-state index contributed by atoms with van der Waals surface area (Å²) in [6.07, 6.45) is 1.60. The summed E-state index contributed by atoms with van der Waals surface area (Å²) < 4.78 is 61.0. The number of anilines is 1. The molecule has 0 aliphatic carbocycles. The molecule has 0 atom stereocenters. The molecule has 0 aliphatic heterocycles. The number of H-pyrrole nitrogens is 1. The molecule has 1 N–H and O–H groups in total. The van der Waals surface area contributed by atoms with E-state index in [9.17, 15) is 22.0 Å². The van der Waals surface area contributed by atoms with Gasteiger partial charge in [-0.05, 0) is 50.2 Å². The van der Waals surface area contributed by atoms with Gasteiger partial charge in [-0.3, -0.25) is 9.10 Å². The molecule has 0 unspecified atom stereocenters. The summed E-state index contributed by atoms with van der Waals surface area (Å²) in [6.45, 7) is 3.35. The van der Waals surface area contributed by atoms with Gasteiger partial charge >= 0.3 is 0 Å². The normalized spacial score (nSPS) is 11.7. The van der Waals surface area contributed by atoms with Crippen molar-refractivity contribution in [2.45, 2.75) is 13.8 Å². The first-order chi connectivity index (χ1) is 16.0. The number of nitrogens with one attached hydrogen (secondary N) is 1. The maximum absolute atomic E-state index is 14.3. The second-order valence-corrected chi connectivity index (χ2v) is 10.2. The SMILES string of the molecule is CCS(=O)(=O)N(C)c1ccc(Oc2ccc(F)cc2F)c(-c2cn(C)c(=O)c3cc(C)[nH]c23)c1. The number of aromatic amines is 1. The van der Waals surface area contributed by atoms with E-state index in [1.54, 1.807) is 32.3 Å². The van der Waals surface area contributed by atoms with E-state index in [0.717, 1.165) is 16.1 Å². The van der Waals surface area contributed by atoms with Crippen molar-refractivity contribution in [1.29, 1.82) is 0 Å². The van der Waals surface area contributed by atoms with Gasteiger partial charge in [-0.15, -0.1) is 0 Å². The molecule has 2 heterocycles. The van der Waals surface area contributed by atoms with Gasteiger partial charge in [0.2, 0.25) is 10.0 Å². The number of aromatic nitrogens is 2. The third kappa shape index (κ3) is 4.16. The summed E-state index contributed by atoms with van der Waals surface area (Å²) in [4.78, 5) is 15.8. The molecule has 0 saturated carbocycles. The first-order valence-electron chi connectivity index (χ1n) is 10.4. The fourth-order valence-corrected chi connectivity index (χ4v) is 4.55. The minimum atomic E-state index is -3.56. The predicted octanol–water partition coefficient (Wildman–Crippen LogP) is 4.70. The highest BCUT2D eigenvalue weighted by Crippen LogP contribution is 2.39. The smallest absolute Gasteiger partial charge is 0.259 e. The van der Waals surface area contributed by atoms with Crippen molar-refractivity contribution in [2.24, 2.45) is 7.05 Å².